The fourth-order valence-corrected chi connectivity index (χ4v) is 6.21. The van der Waals surface area contributed by atoms with E-state index in [1.807, 2.05) is 44.2 Å². The number of hydrogen-bond acceptors (Lipinski definition) is 6. The molecule has 6 N–H and O–H groups in total. The van der Waals surface area contributed by atoms with Crippen LogP contribution in [0.3, 0.4) is 0 Å². The van der Waals surface area contributed by atoms with Crippen molar-refractivity contribution in [2.75, 3.05) is 6.54 Å². The number of rotatable bonds is 15. The standard InChI is InChI=1S/C32H41N4O8P/c1-20(2)16-27(35-29(38)15-10-21-8-12-25(13-9-21)44-45(41,42)43)32(40)36-19-23-18-26(23)30(36)31(39)34-24(11-14-28(33)37)17-22-6-4-3-5-7-22/h3-10,12-13,15,20,23-24,26-27,30H,11,14,16-19H2,1-2H3,(H2,33,37)(H,34,39)(H,35,38)(H2,41,42,43)/b15-10+/t23-,24+,26-,27+,30+/m1/s1. The molecule has 1 saturated carbocycles. The Morgan fingerprint density at radius 3 is 2.38 bits per heavy atom. The highest BCUT2D eigenvalue weighted by molar-refractivity contribution is 7.46. The molecule has 4 amide bonds. The van der Waals surface area contributed by atoms with Gasteiger partial charge in [0.1, 0.15) is 17.8 Å². The van der Waals surface area contributed by atoms with E-state index in [0.29, 0.717) is 31.4 Å². The van der Waals surface area contributed by atoms with E-state index < -0.39 is 31.7 Å². The van der Waals surface area contributed by atoms with E-state index in [2.05, 4.69) is 15.2 Å². The summed E-state index contributed by atoms with van der Waals surface area (Å²) < 4.78 is 15.5. The van der Waals surface area contributed by atoms with Crippen LogP contribution in [0.1, 0.15) is 50.7 Å². The van der Waals surface area contributed by atoms with Crippen molar-refractivity contribution in [1.29, 1.82) is 0 Å². The van der Waals surface area contributed by atoms with E-state index in [1.165, 1.54) is 36.4 Å². The Balaban J connectivity index is 1.42. The number of fused-ring (bicyclic) bond motifs is 1. The lowest BCUT2D eigenvalue weighted by Crippen LogP contribution is -2.56. The molecule has 0 aromatic heterocycles. The van der Waals surface area contributed by atoms with Crippen LogP contribution >= 0.6 is 7.82 Å². The number of primary amides is 1. The van der Waals surface area contributed by atoms with Crippen molar-refractivity contribution in [2.24, 2.45) is 23.5 Å². The minimum absolute atomic E-state index is 0.0194. The molecule has 2 aromatic carbocycles. The Bertz CT molecular complexity index is 1440. The Morgan fingerprint density at radius 2 is 1.76 bits per heavy atom. The van der Waals surface area contributed by atoms with Crippen molar-refractivity contribution in [3.05, 3.63) is 71.8 Å². The maximum atomic E-state index is 13.9. The van der Waals surface area contributed by atoms with Crippen LogP contribution in [-0.2, 0) is 30.2 Å². The van der Waals surface area contributed by atoms with Crippen molar-refractivity contribution in [3.8, 4) is 5.75 Å². The summed E-state index contributed by atoms with van der Waals surface area (Å²) >= 11 is 0. The van der Waals surface area contributed by atoms with E-state index in [0.717, 1.165) is 12.0 Å². The van der Waals surface area contributed by atoms with Crippen LogP contribution in [0.25, 0.3) is 6.08 Å². The second kappa shape index (κ2) is 14.9. The molecule has 2 fully saturated rings. The zero-order valence-electron chi connectivity index (χ0n) is 25.4. The molecular formula is C32H41N4O8P. The van der Waals surface area contributed by atoms with E-state index in [-0.39, 0.29) is 47.8 Å². The number of phosphoric acid groups is 1. The summed E-state index contributed by atoms with van der Waals surface area (Å²) in [6.07, 6.45) is 5.04. The number of hydrogen-bond donors (Lipinski definition) is 5. The maximum Gasteiger partial charge on any atom is 0.524 e. The van der Waals surface area contributed by atoms with Gasteiger partial charge in [-0.15, -0.1) is 0 Å². The van der Waals surface area contributed by atoms with Gasteiger partial charge in [-0.1, -0.05) is 56.3 Å². The van der Waals surface area contributed by atoms with E-state index in [9.17, 15) is 23.7 Å². The maximum absolute atomic E-state index is 13.9. The highest BCUT2D eigenvalue weighted by Crippen LogP contribution is 2.50. The number of piperidine rings is 1. The highest BCUT2D eigenvalue weighted by Gasteiger charge is 2.57. The van der Waals surface area contributed by atoms with Gasteiger partial charge in [-0.2, -0.15) is 0 Å². The van der Waals surface area contributed by atoms with Crippen LogP contribution in [0.5, 0.6) is 5.75 Å². The van der Waals surface area contributed by atoms with Gasteiger partial charge in [-0.3, -0.25) is 29.0 Å². The second-order valence-electron chi connectivity index (χ2n) is 12.2. The van der Waals surface area contributed by atoms with Gasteiger partial charge in [0.05, 0.1) is 0 Å². The summed E-state index contributed by atoms with van der Waals surface area (Å²) in [7, 11) is -4.68. The number of amides is 4. The normalized spacial score (nSPS) is 20.4. The predicted molar refractivity (Wildman–Crippen MR) is 167 cm³/mol. The lowest BCUT2D eigenvalue weighted by Gasteiger charge is -2.32. The predicted octanol–water partition coefficient (Wildman–Crippen LogP) is 2.54. The number of carbonyl (C=O) groups is 4. The van der Waals surface area contributed by atoms with Crippen LogP contribution in [-0.4, -0.2) is 63.0 Å². The average Bonchev–Trinajstić information content (AvgIpc) is 3.62. The lowest BCUT2D eigenvalue weighted by atomic mass is 9.99. The van der Waals surface area contributed by atoms with Gasteiger partial charge in [0.2, 0.25) is 23.6 Å². The third-order valence-electron chi connectivity index (χ3n) is 7.97. The summed E-state index contributed by atoms with van der Waals surface area (Å²) in [5.41, 5.74) is 6.98. The number of nitrogens with zero attached hydrogens (tertiary/aromatic N) is 1. The van der Waals surface area contributed by atoms with E-state index >= 15 is 0 Å². The zero-order valence-corrected chi connectivity index (χ0v) is 26.3. The lowest BCUT2D eigenvalue weighted by molar-refractivity contribution is -0.142. The monoisotopic (exact) mass is 640 g/mol. The molecule has 0 unspecified atom stereocenters. The van der Waals surface area contributed by atoms with Crippen molar-refractivity contribution < 1.29 is 38.1 Å². The number of carbonyl (C=O) groups excluding carboxylic acids is 4. The Hall–Kier alpha value is -3.99. The number of likely N-dealkylation sites (tertiary alicyclic amines) is 1. The summed E-state index contributed by atoms with van der Waals surface area (Å²) in [6.45, 7) is 4.33. The minimum Gasteiger partial charge on any atom is -0.404 e. The topological polar surface area (TPSA) is 188 Å². The van der Waals surface area contributed by atoms with Crippen LogP contribution < -0.4 is 20.9 Å². The minimum atomic E-state index is -4.68. The molecular weight excluding hydrogens is 599 g/mol. The molecule has 5 atom stereocenters. The van der Waals surface area contributed by atoms with E-state index in [4.69, 9.17) is 15.5 Å². The zero-order chi connectivity index (χ0) is 32.7. The van der Waals surface area contributed by atoms with Gasteiger partial charge in [0.25, 0.3) is 0 Å². The Labute approximate surface area is 262 Å². The van der Waals surface area contributed by atoms with Gasteiger partial charge in [-0.25, -0.2) is 4.57 Å². The molecule has 2 aliphatic rings. The summed E-state index contributed by atoms with van der Waals surface area (Å²) in [5, 5.41) is 5.89. The largest absolute Gasteiger partial charge is 0.524 e. The Kier molecular flexibility index (Phi) is 11.2. The van der Waals surface area contributed by atoms with Gasteiger partial charge in [-0.05, 0) is 72.8 Å². The first-order valence-electron chi connectivity index (χ1n) is 15.1. The molecule has 13 heteroatoms. The third kappa shape index (κ3) is 10.3. The fourth-order valence-electron chi connectivity index (χ4n) is 5.82. The molecule has 0 radical (unpaired) electrons. The second-order valence-corrected chi connectivity index (χ2v) is 13.3. The van der Waals surface area contributed by atoms with E-state index in [1.54, 1.807) is 4.90 Å². The molecule has 45 heavy (non-hydrogen) atoms. The molecule has 1 aliphatic heterocycles. The van der Waals surface area contributed by atoms with Crippen LogP contribution in [0.2, 0.25) is 0 Å². The molecule has 1 aliphatic carbocycles. The fraction of sp³-hybridized carbons (Fsp3) is 0.438. The van der Waals surface area contributed by atoms with Crippen LogP contribution in [0, 0.1) is 17.8 Å². The first kappa shape index (κ1) is 33.9. The van der Waals surface area contributed by atoms with Crippen molar-refractivity contribution in [3.63, 3.8) is 0 Å². The van der Waals surface area contributed by atoms with Crippen LogP contribution in [0.4, 0.5) is 0 Å². The average molecular weight is 641 g/mol. The summed E-state index contributed by atoms with van der Waals surface area (Å²) in [5.74, 6) is -1.18. The summed E-state index contributed by atoms with van der Waals surface area (Å²) in [6, 6.07) is 13.6. The quantitative estimate of drug-likeness (QED) is 0.145. The first-order valence-corrected chi connectivity index (χ1v) is 16.6. The number of nitrogens with one attached hydrogen (secondary N) is 2. The number of phosphoric ester groups is 1. The summed E-state index contributed by atoms with van der Waals surface area (Å²) in [4.78, 5) is 71.5. The van der Waals surface area contributed by atoms with Gasteiger partial charge < -0.3 is 25.8 Å². The molecule has 0 spiro atoms. The van der Waals surface area contributed by atoms with Crippen LogP contribution in [0.15, 0.2) is 60.7 Å². The number of benzene rings is 2. The third-order valence-corrected chi connectivity index (χ3v) is 8.41. The molecule has 1 saturated heterocycles. The van der Waals surface area contributed by atoms with Crippen molar-refractivity contribution in [2.45, 2.75) is 64.1 Å². The Morgan fingerprint density at radius 1 is 1.07 bits per heavy atom. The number of nitrogens with two attached hydrogens (primary N) is 1. The molecule has 0 bridgehead atoms. The highest BCUT2D eigenvalue weighted by atomic mass is 31.2. The van der Waals surface area contributed by atoms with Gasteiger partial charge in [0.15, 0.2) is 0 Å². The van der Waals surface area contributed by atoms with Gasteiger partial charge in [0, 0.05) is 25.1 Å². The molecule has 242 valence electrons. The SMILES string of the molecule is CC(C)C[C@H](NC(=O)/C=C/c1ccc(OP(=O)(O)O)cc1)C(=O)N1C[C@H]2C[C@H]2[C@H]1C(=O)N[C@@H](CCC(N)=O)Cc1ccccc1. The van der Waals surface area contributed by atoms with Crippen molar-refractivity contribution >= 4 is 37.5 Å². The smallest absolute Gasteiger partial charge is 0.404 e. The molecule has 2 aromatic rings. The molecule has 4 rings (SSSR count). The van der Waals surface area contributed by atoms with Gasteiger partial charge >= 0.3 is 7.82 Å². The first-order chi connectivity index (χ1) is 21.3. The molecule has 12 nitrogen and oxygen atoms in total. The molecule has 1 heterocycles. The van der Waals surface area contributed by atoms with Crippen molar-refractivity contribution in [1.82, 2.24) is 15.5 Å².